The van der Waals surface area contributed by atoms with Crippen molar-refractivity contribution in [2.24, 2.45) is 0 Å². The molecule has 0 spiro atoms. The smallest absolute Gasteiger partial charge is 0.494 e. The Kier molecular flexibility index (Phi) is 15.3. The quantitative estimate of drug-likeness (QED) is 0.0567. The highest BCUT2D eigenvalue weighted by Gasteiger charge is 2.42. The van der Waals surface area contributed by atoms with Crippen molar-refractivity contribution in [2.45, 2.75) is 77.5 Å². The molecule has 0 saturated carbocycles. The largest absolute Gasteiger partial charge is 0.519 e. The fraction of sp³-hybridized carbons (Fsp3) is 0.417. The number of carboxylic acids is 1. The molecule has 9 nitrogen and oxygen atoms in total. The molecule has 1 atom stereocenters. The molecule has 3 aromatic rings. The summed E-state index contributed by atoms with van der Waals surface area (Å²) in [4.78, 5) is 37.0. The Labute approximate surface area is 282 Å². The van der Waals surface area contributed by atoms with Crippen molar-refractivity contribution in [3.8, 4) is 28.4 Å². The van der Waals surface area contributed by atoms with Gasteiger partial charge in [0.15, 0.2) is 6.10 Å². The molecule has 1 N–H and O–H groups in total. The molecule has 0 aromatic heterocycles. The SMILES string of the molecule is CCCCCCOc1ccc(OC(=O)Oc2ccc(C(=O)O)c(-c3ccc(C(=O)O[C@H](CCCCCOCC)C(F)(F)F)c(F)c3)c2)cc1. The second-order valence-electron chi connectivity index (χ2n) is 11.0. The van der Waals surface area contributed by atoms with Gasteiger partial charge < -0.3 is 28.8 Å². The predicted molar refractivity (Wildman–Crippen MR) is 172 cm³/mol. The monoisotopic (exact) mass is 692 g/mol. The number of rotatable bonds is 19. The molecule has 13 heteroatoms. The Bertz CT molecular complexity index is 1520. The zero-order valence-electron chi connectivity index (χ0n) is 27.4. The van der Waals surface area contributed by atoms with Gasteiger partial charge in [0.25, 0.3) is 0 Å². The van der Waals surface area contributed by atoms with Crippen molar-refractivity contribution < 1.29 is 60.7 Å². The van der Waals surface area contributed by atoms with Gasteiger partial charge in [0, 0.05) is 13.2 Å². The number of unbranched alkanes of at least 4 members (excludes halogenated alkanes) is 5. The molecule has 0 heterocycles. The first kappa shape index (κ1) is 38.8. The fourth-order valence-electron chi connectivity index (χ4n) is 4.73. The number of alkyl halides is 3. The lowest BCUT2D eigenvalue weighted by Crippen LogP contribution is -2.34. The van der Waals surface area contributed by atoms with Gasteiger partial charge in [-0.2, -0.15) is 13.2 Å². The molecule has 3 aromatic carbocycles. The molecular formula is C36H40F4O9. The number of carboxylic acid groups (broad SMARTS) is 1. The molecule has 0 fully saturated rings. The Balaban J connectivity index is 1.68. The molecule has 0 amide bonds. The van der Waals surface area contributed by atoms with E-state index in [1.54, 1.807) is 19.1 Å². The van der Waals surface area contributed by atoms with E-state index in [9.17, 15) is 32.7 Å². The van der Waals surface area contributed by atoms with Gasteiger partial charge in [0.1, 0.15) is 23.1 Å². The van der Waals surface area contributed by atoms with Crippen molar-refractivity contribution in [3.05, 3.63) is 77.6 Å². The number of halogens is 4. The molecular weight excluding hydrogens is 652 g/mol. The minimum Gasteiger partial charge on any atom is -0.494 e. The molecule has 0 bridgehead atoms. The zero-order chi connectivity index (χ0) is 35.8. The van der Waals surface area contributed by atoms with Gasteiger partial charge in [-0.25, -0.2) is 18.8 Å². The first-order valence-electron chi connectivity index (χ1n) is 16.1. The maximum atomic E-state index is 15.1. The summed E-state index contributed by atoms with van der Waals surface area (Å²) in [5.41, 5.74) is -1.23. The van der Waals surface area contributed by atoms with Crippen molar-refractivity contribution in [3.63, 3.8) is 0 Å². The summed E-state index contributed by atoms with van der Waals surface area (Å²) in [6.07, 6.45) is -3.65. The molecule has 0 saturated heterocycles. The fourth-order valence-corrected chi connectivity index (χ4v) is 4.73. The molecule has 0 unspecified atom stereocenters. The average Bonchev–Trinajstić information content (AvgIpc) is 3.05. The zero-order valence-corrected chi connectivity index (χ0v) is 27.4. The molecule has 0 aliphatic rings. The van der Waals surface area contributed by atoms with Crippen LogP contribution in [0, 0.1) is 5.82 Å². The Morgan fingerprint density at radius 1 is 0.755 bits per heavy atom. The van der Waals surface area contributed by atoms with E-state index in [1.807, 2.05) is 0 Å². The maximum absolute atomic E-state index is 15.1. The second-order valence-corrected chi connectivity index (χ2v) is 11.0. The molecule has 49 heavy (non-hydrogen) atoms. The normalized spacial score (nSPS) is 11.9. The average molecular weight is 693 g/mol. The molecule has 0 aliphatic carbocycles. The highest BCUT2D eigenvalue weighted by atomic mass is 19.4. The Morgan fingerprint density at radius 3 is 2.04 bits per heavy atom. The Hall–Kier alpha value is -4.65. The molecule has 0 radical (unpaired) electrons. The van der Waals surface area contributed by atoms with E-state index >= 15 is 4.39 Å². The topological polar surface area (TPSA) is 118 Å². The van der Waals surface area contributed by atoms with Crippen LogP contribution in [0.25, 0.3) is 11.1 Å². The number of hydrogen-bond donors (Lipinski definition) is 1. The van der Waals surface area contributed by atoms with Gasteiger partial charge in [-0.05, 0) is 98.3 Å². The van der Waals surface area contributed by atoms with E-state index in [-0.39, 0.29) is 34.6 Å². The molecule has 0 aliphatic heterocycles. The minimum absolute atomic E-state index is 0.0581. The van der Waals surface area contributed by atoms with Gasteiger partial charge in [-0.3, -0.25) is 0 Å². The van der Waals surface area contributed by atoms with Crippen LogP contribution < -0.4 is 14.2 Å². The summed E-state index contributed by atoms with van der Waals surface area (Å²) in [6, 6.07) is 12.6. The van der Waals surface area contributed by atoms with E-state index in [1.165, 1.54) is 18.2 Å². The number of esters is 1. The van der Waals surface area contributed by atoms with Crippen LogP contribution in [0.1, 0.15) is 85.9 Å². The number of ether oxygens (including phenoxy) is 5. The van der Waals surface area contributed by atoms with Crippen LogP contribution in [0.15, 0.2) is 60.7 Å². The van der Waals surface area contributed by atoms with Crippen molar-refractivity contribution in [1.29, 1.82) is 0 Å². The second kappa shape index (κ2) is 19.4. The van der Waals surface area contributed by atoms with Crippen LogP contribution in [0.2, 0.25) is 0 Å². The lowest BCUT2D eigenvalue weighted by molar-refractivity contribution is -0.206. The van der Waals surface area contributed by atoms with Crippen LogP contribution >= 0.6 is 0 Å². The lowest BCUT2D eigenvalue weighted by Gasteiger charge is -2.21. The van der Waals surface area contributed by atoms with E-state index in [0.717, 1.165) is 56.0 Å². The summed E-state index contributed by atoms with van der Waals surface area (Å²) in [5.74, 6) is -3.54. The molecule has 266 valence electrons. The van der Waals surface area contributed by atoms with Gasteiger partial charge in [-0.1, -0.05) is 38.7 Å². The third-order valence-corrected chi connectivity index (χ3v) is 7.29. The first-order valence-corrected chi connectivity index (χ1v) is 16.1. The summed E-state index contributed by atoms with van der Waals surface area (Å²) >= 11 is 0. The maximum Gasteiger partial charge on any atom is 0.519 e. The van der Waals surface area contributed by atoms with Crippen molar-refractivity contribution >= 4 is 18.1 Å². The lowest BCUT2D eigenvalue weighted by atomic mass is 9.98. The third kappa shape index (κ3) is 12.7. The van der Waals surface area contributed by atoms with Gasteiger partial charge >= 0.3 is 24.3 Å². The van der Waals surface area contributed by atoms with Crippen LogP contribution in [0.4, 0.5) is 22.4 Å². The minimum atomic E-state index is -4.87. The van der Waals surface area contributed by atoms with E-state index < -0.39 is 48.2 Å². The van der Waals surface area contributed by atoms with Gasteiger partial charge in [-0.15, -0.1) is 0 Å². The van der Waals surface area contributed by atoms with Crippen LogP contribution in [-0.4, -0.2) is 55.3 Å². The van der Waals surface area contributed by atoms with Crippen molar-refractivity contribution in [2.75, 3.05) is 19.8 Å². The number of carbonyl (C=O) groups is 3. The predicted octanol–water partition coefficient (Wildman–Crippen LogP) is 9.41. The van der Waals surface area contributed by atoms with E-state index in [2.05, 4.69) is 11.7 Å². The Morgan fingerprint density at radius 2 is 1.39 bits per heavy atom. The van der Waals surface area contributed by atoms with Gasteiger partial charge in [0.2, 0.25) is 0 Å². The van der Waals surface area contributed by atoms with Crippen molar-refractivity contribution in [1.82, 2.24) is 0 Å². The van der Waals surface area contributed by atoms with Crippen LogP contribution in [0.3, 0.4) is 0 Å². The highest BCUT2D eigenvalue weighted by molar-refractivity contribution is 5.97. The number of aromatic carboxylic acids is 1. The highest BCUT2D eigenvalue weighted by Crippen LogP contribution is 2.32. The third-order valence-electron chi connectivity index (χ3n) is 7.29. The number of benzene rings is 3. The number of carbonyl (C=O) groups excluding carboxylic acids is 2. The summed E-state index contributed by atoms with van der Waals surface area (Å²) in [7, 11) is 0. The summed E-state index contributed by atoms with van der Waals surface area (Å²) in [5, 5.41) is 9.70. The first-order chi connectivity index (χ1) is 23.4. The summed E-state index contributed by atoms with van der Waals surface area (Å²) in [6.45, 7) is 5.37. The van der Waals surface area contributed by atoms with Gasteiger partial charge in [0.05, 0.1) is 17.7 Å². The molecule has 3 rings (SSSR count). The van der Waals surface area contributed by atoms with E-state index in [0.29, 0.717) is 38.4 Å². The number of hydrogen-bond acceptors (Lipinski definition) is 8. The van der Waals surface area contributed by atoms with Crippen LogP contribution in [0.5, 0.6) is 17.2 Å². The van der Waals surface area contributed by atoms with E-state index in [4.69, 9.17) is 18.9 Å². The standard InChI is InChI=1S/C36H40F4O9/c1-3-5-6-10-21-46-25-13-15-26(16-14-25)47-35(44)48-27-17-19-28(33(41)42)30(23-27)24-12-18-29(31(37)22-24)34(43)49-32(36(38,39)40)11-8-7-9-20-45-4-2/h12-19,22-23,32H,3-11,20-21H2,1-2H3,(H,41,42)/t32-/m1/s1. The summed E-state index contributed by atoms with van der Waals surface area (Å²) < 4.78 is 81.7. The van der Waals surface area contributed by atoms with Crippen LogP contribution in [-0.2, 0) is 9.47 Å².